The van der Waals surface area contributed by atoms with Crippen molar-refractivity contribution in [2.24, 2.45) is 5.92 Å². The van der Waals surface area contributed by atoms with Crippen LogP contribution in [0.5, 0.6) is 0 Å². The molecule has 3 heterocycles. The minimum atomic E-state index is -0.452. The van der Waals surface area contributed by atoms with Gasteiger partial charge in [-0.15, -0.1) is 0 Å². The van der Waals surface area contributed by atoms with Crippen molar-refractivity contribution in [3.63, 3.8) is 0 Å². The molecule has 0 atom stereocenters. The number of carbonyl (C=O) groups excluding carboxylic acids is 1. The second kappa shape index (κ2) is 10.8. The Morgan fingerprint density at radius 3 is 2.64 bits per heavy atom. The van der Waals surface area contributed by atoms with Crippen LogP contribution < -0.4 is 10.2 Å². The van der Waals surface area contributed by atoms with Crippen LogP contribution in [-0.4, -0.2) is 42.2 Å². The standard InChI is InChI=1S/C26H27FN4O2/c1-19(32)28-18-22-16-23(27)26(30-24(22)10-8-20-6-4-2-3-5-7-20)21-9-11-25(29-17-21)31-12-14-33-15-13-31/h2-11,16-17,20H,12-15,18H2,1H3,(H,28,32)/b10-8-. The minimum absolute atomic E-state index is 0.0957. The Kier molecular flexibility index (Phi) is 7.42. The number of morpholine rings is 1. The first-order valence-electron chi connectivity index (χ1n) is 11.0. The van der Waals surface area contributed by atoms with E-state index in [1.165, 1.54) is 13.0 Å². The van der Waals surface area contributed by atoms with Gasteiger partial charge in [0.2, 0.25) is 5.91 Å². The molecule has 0 radical (unpaired) electrons. The topological polar surface area (TPSA) is 67.4 Å². The molecule has 2 aromatic heterocycles. The summed E-state index contributed by atoms with van der Waals surface area (Å²) in [5.74, 6) is 0.300. The van der Waals surface area contributed by atoms with Gasteiger partial charge in [-0.1, -0.05) is 42.5 Å². The van der Waals surface area contributed by atoms with Crippen molar-refractivity contribution in [3.05, 3.63) is 84.0 Å². The summed E-state index contributed by atoms with van der Waals surface area (Å²) in [5.41, 5.74) is 2.05. The number of carbonyl (C=O) groups is 1. The molecule has 6 nitrogen and oxygen atoms in total. The Morgan fingerprint density at radius 2 is 1.97 bits per heavy atom. The number of nitrogens with zero attached hydrogens (tertiary/aromatic N) is 3. The van der Waals surface area contributed by atoms with Crippen LogP contribution in [0.1, 0.15) is 18.2 Å². The molecule has 1 amide bonds. The molecular weight excluding hydrogens is 419 g/mol. The molecule has 7 heteroatoms. The fourth-order valence-corrected chi connectivity index (χ4v) is 3.66. The zero-order chi connectivity index (χ0) is 23.0. The molecule has 0 spiro atoms. The van der Waals surface area contributed by atoms with E-state index in [1.54, 1.807) is 6.20 Å². The van der Waals surface area contributed by atoms with Gasteiger partial charge in [-0.3, -0.25) is 4.79 Å². The number of hydrogen-bond acceptors (Lipinski definition) is 5. The number of hydrogen-bond donors (Lipinski definition) is 1. The Labute approximate surface area is 193 Å². The Bertz CT molecular complexity index is 1080. The van der Waals surface area contributed by atoms with Gasteiger partial charge >= 0.3 is 0 Å². The average Bonchev–Trinajstić information content (AvgIpc) is 3.11. The summed E-state index contributed by atoms with van der Waals surface area (Å²) in [6.07, 6.45) is 17.5. The number of ether oxygens (including phenoxy) is 1. The van der Waals surface area contributed by atoms with E-state index in [-0.39, 0.29) is 24.1 Å². The normalized spacial score (nSPS) is 16.4. The van der Waals surface area contributed by atoms with Crippen molar-refractivity contribution < 1.29 is 13.9 Å². The molecule has 1 saturated heterocycles. The first-order chi connectivity index (χ1) is 16.1. The van der Waals surface area contributed by atoms with Gasteiger partial charge in [-0.2, -0.15) is 0 Å². The highest BCUT2D eigenvalue weighted by Gasteiger charge is 2.16. The van der Waals surface area contributed by atoms with Gasteiger partial charge in [-0.25, -0.2) is 14.4 Å². The number of pyridine rings is 2. The molecule has 0 bridgehead atoms. The van der Waals surface area contributed by atoms with E-state index in [4.69, 9.17) is 4.74 Å². The van der Waals surface area contributed by atoms with E-state index in [0.29, 0.717) is 30.0 Å². The van der Waals surface area contributed by atoms with E-state index in [1.807, 2.05) is 48.6 Å². The Balaban J connectivity index is 1.63. The highest BCUT2D eigenvalue weighted by molar-refractivity contribution is 5.73. The average molecular weight is 447 g/mol. The first-order valence-corrected chi connectivity index (χ1v) is 11.0. The van der Waals surface area contributed by atoms with Crippen molar-refractivity contribution in [1.29, 1.82) is 0 Å². The van der Waals surface area contributed by atoms with Crippen LogP contribution in [0, 0.1) is 11.7 Å². The quantitative estimate of drug-likeness (QED) is 0.725. The molecular formula is C26H27FN4O2. The largest absolute Gasteiger partial charge is 0.378 e. The maximum absolute atomic E-state index is 15.1. The number of aromatic nitrogens is 2. The van der Waals surface area contributed by atoms with Crippen molar-refractivity contribution in [2.45, 2.75) is 13.5 Å². The number of anilines is 1. The van der Waals surface area contributed by atoms with E-state index >= 15 is 4.39 Å². The highest BCUT2D eigenvalue weighted by atomic mass is 19.1. The lowest BCUT2D eigenvalue weighted by molar-refractivity contribution is -0.119. The third-order valence-electron chi connectivity index (χ3n) is 5.45. The van der Waals surface area contributed by atoms with Crippen LogP contribution in [0.2, 0.25) is 0 Å². The Morgan fingerprint density at radius 1 is 1.21 bits per heavy atom. The number of amides is 1. The van der Waals surface area contributed by atoms with Crippen molar-refractivity contribution in [2.75, 3.05) is 31.2 Å². The molecule has 0 aromatic carbocycles. The number of allylic oxidation sites excluding steroid dienone is 7. The molecule has 0 saturated carbocycles. The van der Waals surface area contributed by atoms with E-state index in [0.717, 1.165) is 18.9 Å². The smallest absolute Gasteiger partial charge is 0.217 e. The summed E-state index contributed by atoms with van der Waals surface area (Å²) >= 11 is 0. The molecule has 33 heavy (non-hydrogen) atoms. The monoisotopic (exact) mass is 446 g/mol. The van der Waals surface area contributed by atoms with Crippen molar-refractivity contribution >= 4 is 17.8 Å². The van der Waals surface area contributed by atoms with Gasteiger partial charge in [0.05, 0.1) is 18.9 Å². The zero-order valence-corrected chi connectivity index (χ0v) is 18.6. The molecule has 4 rings (SSSR count). The van der Waals surface area contributed by atoms with Crippen LogP contribution in [0.25, 0.3) is 17.3 Å². The minimum Gasteiger partial charge on any atom is -0.378 e. The van der Waals surface area contributed by atoms with Gasteiger partial charge in [0.15, 0.2) is 0 Å². The third kappa shape index (κ3) is 6.02. The number of halogens is 1. The van der Waals surface area contributed by atoms with Gasteiger partial charge < -0.3 is 15.0 Å². The highest BCUT2D eigenvalue weighted by Crippen LogP contribution is 2.25. The first kappa shape index (κ1) is 22.6. The van der Waals surface area contributed by atoms with Crippen LogP contribution in [0.4, 0.5) is 10.2 Å². The van der Waals surface area contributed by atoms with Crippen LogP contribution in [-0.2, 0) is 16.1 Å². The summed E-state index contributed by atoms with van der Waals surface area (Å²) < 4.78 is 20.4. The maximum Gasteiger partial charge on any atom is 0.217 e. The van der Waals surface area contributed by atoms with Crippen LogP contribution in [0.3, 0.4) is 0 Å². The van der Waals surface area contributed by atoms with E-state index in [2.05, 4.69) is 32.3 Å². The summed E-state index contributed by atoms with van der Waals surface area (Å²) in [6, 6.07) is 5.16. The van der Waals surface area contributed by atoms with Crippen LogP contribution in [0.15, 0.2) is 66.9 Å². The lowest BCUT2D eigenvalue weighted by Crippen LogP contribution is -2.36. The molecule has 1 N–H and O–H groups in total. The van der Waals surface area contributed by atoms with Gasteiger partial charge in [0, 0.05) is 44.2 Å². The predicted molar refractivity (Wildman–Crippen MR) is 128 cm³/mol. The molecule has 1 fully saturated rings. The molecule has 1 aliphatic carbocycles. The van der Waals surface area contributed by atoms with Gasteiger partial charge in [-0.05, 0) is 29.8 Å². The number of nitrogens with one attached hydrogen (secondary N) is 1. The summed E-state index contributed by atoms with van der Waals surface area (Å²) in [5, 5.41) is 2.73. The third-order valence-corrected chi connectivity index (χ3v) is 5.45. The van der Waals surface area contributed by atoms with Gasteiger partial charge in [0.1, 0.15) is 17.3 Å². The zero-order valence-electron chi connectivity index (χ0n) is 18.6. The molecule has 2 aliphatic rings. The predicted octanol–water partition coefficient (Wildman–Crippen LogP) is 4.07. The molecule has 0 unspecified atom stereocenters. The summed E-state index contributed by atoms with van der Waals surface area (Å²) in [7, 11) is 0. The molecule has 2 aromatic rings. The van der Waals surface area contributed by atoms with Crippen molar-refractivity contribution in [1.82, 2.24) is 15.3 Å². The number of rotatable bonds is 6. The molecule has 1 aliphatic heterocycles. The summed E-state index contributed by atoms with van der Waals surface area (Å²) in [6.45, 7) is 4.55. The van der Waals surface area contributed by atoms with Crippen molar-refractivity contribution in [3.8, 4) is 11.3 Å². The van der Waals surface area contributed by atoms with Gasteiger partial charge in [0.25, 0.3) is 0 Å². The van der Waals surface area contributed by atoms with E-state index in [9.17, 15) is 4.79 Å². The Hall–Kier alpha value is -3.58. The fraction of sp³-hybridized carbons (Fsp3) is 0.269. The van der Waals surface area contributed by atoms with E-state index < -0.39 is 5.82 Å². The molecule has 170 valence electrons. The second-order valence-corrected chi connectivity index (χ2v) is 7.87. The SMILES string of the molecule is CC(=O)NCc1cc(F)c(-c2ccc(N3CCOCC3)nc2)nc1/C=C\C1C=CC=CC=C1. The maximum atomic E-state index is 15.1. The summed E-state index contributed by atoms with van der Waals surface area (Å²) in [4.78, 5) is 22.7. The lowest BCUT2D eigenvalue weighted by Gasteiger charge is -2.27. The van der Waals surface area contributed by atoms with Crippen LogP contribution >= 0.6 is 0 Å². The fourth-order valence-electron chi connectivity index (χ4n) is 3.66. The second-order valence-electron chi connectivity index (χ2n) is 7.87. The lowest BCUT2D eigenvalue weighted by atomic mass is 10.0.